The highest BCUT2D eigenvalue weighted by Crippen LogP contribution is 2.24. The van der Waals surface area contributed by atoms with Crippen molar-refractivity contribution < 1.29 is 14.7 Å². The SMILES string of the molecule is CCCCCCN1N=C(CC(NC(=O)O)C(C)(C)C)CC1=O. The molecule has 0 bridgehead atoms. The van der Waals surface area contributed by atoms with Gasteiger partial charge in [-0.1, -0.05) is 47.0 Å². The van der Waals surface area contributed by atoms with Gasteiger partial charge in [0.05, 0.1) is 12.1 Å². The first-order chi connectivity index (χ1) is 10.2. The molecule has 0 aromatic rings. The maximum absolute atomic E-state index is 12.0. The first-order valence-electron chi connectivity index (χ1n) is 8.10. The average molecular weight is 311 g/mol. The van der Waals surface area contributed by atoms with Crippen molar-refractivity contribution in [2.75, 3.05) is 6.54 Å². The zero-order valence-electron chi connectivity index (χ0n) is 14.2. The lowest BCUT2D eigenvalue weighted by atomic mass is 9.83. The molecule has 0 fully saturated rings. The van der Waals surface area contributed by atoms with Gasteiger partial charge in [-0.15, -0.1) is 0 Å². The van der Waals surface area contributed by atoms with Crippen LogP contribution >= 0.6 is 0 Å². The standard InChI is InChI=1S/C16H29N3O3/c1-5-6-7-8-9-19-14(20)11-12(18-19)10-13(16(2,3)4)17-15(21)22/h13,17H,5-11H2,1-4H3,(H,21,22). The van der Waals surface area contributed by atoms with E-state index < -0.39 is 6.09 Å². The molecular formula is C16H29N3O3. The first kappa shape index (κ1) is 18.5. The Labute approximate surface area is 132 Å². The zero-order chi connectivity index (χ0) is 16.8. The van der Waals surface area contributed by atoms with Crippen LogP contribution in [0.4, 0.5) is 4.79 Å². The van der Waals surface area contributed by atoms with Gasteiger partial charge in [-0.25, -0.2) is 9.80 Å². The van der Waals surface area contributed by atoms with E-state index in [1.54, 1.807) is 5.01 Å². The van der Waals surface area contributed by atoms with Crippen LogP contribution in [0.5, 0.6) is 0 Å². The number of hydrogen-bond acceptors (Lipinski definition) is 3. The molecule has 1 aliphatic rings. The molecule has 1 aliphatic heterocycles. The monoisotopic (exact) mass is 311 g/mol. The Morgan fingerprint density at radius 3 is 2.59 bits per heavy atom. The number of amides is 2. The predicted molar refractivity (Wildman–Crippen MR) is 86.9 cm³/mol. The smallest absolute Gasteiger partial charge is 0.404 e. The molecular weight excluding hydrogens is 282 g/mol. The fraction of sp³-hybridized carbons (Fsp3) is 0.812. The van der Waals surface area contributed by atoms with Gasteiger partial charge in [-0.05, 0) is 11.8 Å². The molecule has 0 aromatic carbocycles. The second kappa shape index (κ2) is 8.15. The fourth-order valence-corrected chi connectivity index (χ4v) is 2.46. The largest absolute Gasteiger partial charge is 0.465 e. The molecule has 1 rings (SSSR count). The van der Waals surface area contributed by atoms with Crippen molar-refractivity contribution in [1.29, 1.82) is 0 Å². The van der Waals surface area contributed by atoms with Crippen molar-refractivity contribution in [2.24, 2.45) is 10.5 Å². The quantitative estimate of drug-likeness (QED) is 0.675. The maximum atomic E-state index is 12.0. The summed E-state index contributed by atoms with van der Waals surface area (Å²) in [6, 6.07) is -0.253. The van der Waals surface area contributed by atoms with Gasteiger partial charge in [0.1, 0.15) is 0 Å². The molecule has 126 valence electrons. The highest BCUT2D eigenvalue weighted by molar-refractivity contribution is 6.05. The molecule has 0 aliphatic carbocycles. The number of carbonyl (C=O) groups is 2. The molecule has 0 spiro atoms. The van der Waals surface area contributed by atoms with E-state index in [0.29, 0.717) is 19.4 Å². The molecule has 0 radical (unpaired) electrons. The van der Waals surface area contributed by atoms with Crippen LogP contribution in [0.25, 0.3) is 0 Å². The highest BCUT2D eigenvalue weighted by Gasteiger charge is 2.31. The Kier molecular flexibility index (Phi) is 6.84. The van der Waals surface area contributed by atoms with Crippen LogP contribution < -0.4 is 5.32 Å². The number of nitrogens with one attached hydrogen (secondary N) is 1. The summed E-state index contributed by atoms with van der Waals surface area (Å²) in [4.78, 5) is 22.9. The minimum atomic E-state index is -1.04. The molecule has 22 heavy (non-hydrogen) atoms. The van der Waals surface area contributed by atoms with Crippen LogP contribution in [0.1, 0.15) is 66.2 Å². The van der Waals surface area contributed by atoms with Crippen LogP contribution in [0.15, 0.2) is 5.10 Å². The molecule has 2 amide bonds. The van der Waals surface area contributed by atoms with Gasteiger partial charge in [0.25, 0.3) is 0 Å². The number of rotatable bonds is 8. The Balaban J connectivity index is 2.59. The molecule has 1 unspecified atom stereocenters. The van der Waals surface area contributed by atoms with E-state index in [1.165, 1.54) is 6.42 Å². The lowest BCUT2D eigenvalue weighted by molar-refractivity contribution is -0.128. The second-order valence-electron chi connectivity index (χ2n) is 6.99. The number of hydrogen-bond donors (Lipinski definition) is 2. The lowest BCUT2D eigenvalue weighted by Crippen LogP contribution is -2.44. The molecule has 6 nitrogen and oxygen atoms in total. The van der Waals surface area contributed by atoms with Gasteiger partial charge >= 0.3 is 6.09 Å². The maximum Gasteiger partial charge on any atom is 0.404 e. The van der Waals surface area contributed by atoms with Gasteiger partial charge in [-0.3, -0.25) is 4.79 Å². The molecule has 1 atom stereocenters. The van der Waals surface area contributed by atoms with E-state index in [1.807, 2.05) is 20.8 Å². The van der Waals surface area contributed by atoms with Crippen molar-refractivity contribution in [2.45, 2.75) is 72.3 Å². The van der Waals surface area contributed by atoms with Crippen molar-refractivity contribution in [1.82, 2.24) is 10.3 Å². The van der Waals surface area contributed by atoms with Crippen molar-refractivity contribution in [3.8, 4) is 0 Å². The summed E-state index contributed by atoms with van der Waals surface area (Å²) in [7, 11) is 0. The third-order valence-electron chi connectivity index (χ3n) is 3.91. The lowest BCUT2D eigenvalue weighted by Gasteiger charge is -2.30. The molecule has 0 aromatic heterocycles. The van der Waals surface area contributed by atoms with Crippen LogP contribution in [-0.2, 0) is 4.79 Å². The van der Waals surface area contributed by atoms with E-state index in [-0.39, 0.29) is 17.4 Å². The summed E-state index contributed by atoms with van der Waals surface area (Å²) in [5.41, 5.74) is 0.549. The van der Waals surface area contributed by atoms with Gasteiger partial charge < -0.3 is 10.4 Å². The van der Waals surface area contributed by atoms with Crippen LogP contribution in [0.2, 0.25) is 0 Å². The van der Waals surface area contributed by atoms with Gasteiger partial charge in [0.2, 0.25) is 5.91 Å². The van der Waals surface area contributed by atoms with E-state index >= 15 is 0 Å². The minimum absolute atomic E-state index is 0.0227. The summed E-state index contributed by atoms with van der Waals surface area (Å²) < 4.78 is 0. The fourth-order valence-electron chi connectivity index (χ4n) is 2.46. The van der Waals surface area contributed by atoms with Crippen molar-refractivity contribution in [3.05, 3.63) is 0 Å². The summed E-state index contributed by atoms with van der Waals surface area (Å²) in [6.07, 6.45) is 4.16. The number of hydrazone groups is 1. The molecule has 1 heterocycles. The Hall–Kier alpha value is -1.59. The topological polar surface area (TPSA) is 82.0 Å². The number of carboxylic acid groups (broad SMARTS) is 1. The Morgan fingerprint density at radius 1 is 1.36 bits per heavy atom. The van der Waals surface area contributed by atoms with Crippen molar-refractivity contribution in [3.63, 3.8) is 0 Å². The van der Waals surface area contributed by atoms with E-state index in [9.17, 15) is 9.59 Å². The normalized spacial score (nSPS) is 16.6. The summed E-state index contributed by atoms with van der Waals surface area (Å²) in [5, 5.41) is 17.4. The molecule has 0 saturated carbocycles. The second-order valence-corrected chi connectivity index (χ2v) is 6.99. The third kappa shape index (κ3) is 6.03. The zero-order valence-corrected chi connectivity index (χ0v) is 14.2. The predicted octanol–water partition coefficient (Wildman–Crippen LogP) is 3.23. The van der Waals surface area contributed by atoms with Gasteiger partial charge in [0, 0.05) is 19.0 Å². The molecule has 2 N–H and O–H groups in total. The number of nitrogens with zero attached hydrogens (tertiary/aromatic N) is 2. The average Bonchev–Trinajstić information content (AvgIpc) is 2.73. The number of unbranched alkanes of at least 4 members (excludes halogenated alkanes) is 3. The third-order valence-corrected chi connectivity index (χ3v) is 3.91. The summed E-state index contributed by atoms with van der Waals surface area (Å²) in [5.74, 6) is 0.0227. The summed E-state index contributed by atoms with van der Waals surface area (Å²) in [6.45, 7) is 8.75. The molecule has 0 saturated heterocycles. The van der Waals surface area contributed by atoms with E-state index in [0.717, 1.165) is 25.0 Å². The minimum Gasteiger partial charge on any atom is -0.465 e. The van der Waals surface area contributed by atoms with Gasteiger partial charge in [-0.2, -0.15) is 5.10 Å². The Bertz CT molecular complexity index is 427. The summed E-state index contributed by atoms with van der Waals surface area (Å²) >= 11 is 0. The first-order valence-corrected chi connectivity index (χ1v) is 8.10. The van der Waals surface area contributed by atoms with E-state index in [4.69, 9.17) is 5.11 Å². The van der Waals surface area contributed by atoms with Crippen LogP contribution in [0.3, 0.4) is 0 Å². The highest BCUT2D eigenvalue weighted by atomic mass is 16.4. The van der Waals surface area contributed by atoms with E-state index in [2.05, 4.69) is 17.3 Å². The Morgan fingerprint density at radius 2 is 2.05 bits per heavy atom. The molecule has 6 heteroatoms. The number of carbonyl (C=O) groups excluding carboxylic acids is 1. The van der Waals surface area contributed by atoms with Gasteiger partial charge in [0.15, 0.2) is 0 Å². The van der Waals surface area contributed by atoms with Crippen molar-refractivity contribution >= 4 is 17.7 Å². The van der Waals surface area contributed by atoms with Crippen LogP contribution in [0, 0.1) is 5.41 Å². The van der Waals surface area contributed by atoms with Crippen LogP contribution in [-0.4, -0.2) is 40.4 Å².